The summed E-state index contributed by atoms with van der Waals surface area (Å²) in [6.45, 7) is 0.391. The van der Waals surface area contributed by atoms with Gasteiger partial charge in [-0.3, -0.25) is 14.5 Å². The Morgan fingerprint density at radius 1 is 1.00 bits per heavy atom. The number of hydrogen-bond acceptors (Lipinski definition) is 4. The van der Waals surface area contributed by atoms with Gasteiger partial charge in [0.25, 0.3) is 5.91 Å². The van der Waals surface area contributed by atoms with E-state index in [0.29, 0.717) is 18.5 Å². The molecule has 0 aromatic heterocycles. The fraction of sp³-hybridized carbons (Fsp3) is 0.417. The van der Waals surface area contributed by atoms with Crippen LogP contribution in [0.5, 0.6) is 11.5 Å². The molecule has 1 heterocycles. The van der Waals surface area contributed by atoms with Crippen LogP contribution in [0.4, 0.5) is 0 Å². The molecule has 0 bridgehead atoms. The summed E-state index contributed by atoms with van der Waals surface area (Å²) in [7, 11) is 1.65. The van der Waals surface area contributed by atoms with Crippen LogP contribution in [-0.2, 0) is 4.79 Å². The molecule has 1 aliphatic heterocycles. The summed E-state index contributed by atoms with van der Waals surface area (Å²) in [5.74, 6) is 1.25. The molecule has 4 rings (SSSR count). The smallest absolute Gasteiger partial charge is 0.260 e. The van der Waals surface area contributed by atoms with Gasteiger partial charge in [-0.15, -0.1) is 0 Å². The van der Waals surface area contributed by atoms with Crippen molar-refractivity contribution in [3.63, 3.8) is 0 Å². The molecule has 0 N–H and O–H groups in total. The van der Waals surface area contributed by atoms with Crippen LogP contribution in [0.1, 0.15) is 60.4 Å². The van der Waals surface area contributed by atoms with Crippen molar-refractivity contribution in [2.75, 3.05) is 13.7 Å². The first-order valence-corrected chi connectivity index (χ1v) is 10.4. The summed E-state index contributed by atoms with van der Waals surface area (Å²) in [6.07, 6.45) is 5.89. The van der Waals surface area contributed by atoms with E-state index in [1.165, 1.54) is 17.7 Å². The Hall–Kier alpha value is -2.82. The van der Waals surface area contributed by atoms with Crippen molar-refractivity contribution in [3.05, 3.63) is 59.7 Å². The van der Waals surface area contributed by atoms with Gasteiger partial charge in [0.1, 0.15) is 0 Å². The molecule has 2 amide bonds. The fourth-order valence-electron chi connectivity index (χ4n) is 4.28. The van der Waals surface area contributed by atoms with Gasteiger partial charge < -0.3 is 9.47 Å². The maximum absolute atomic E-state index is 12.8. The molecule has 1 saturated carbocycles. The SMILES string of the molecule is COc1ccc([C@@H]2CCC(=O)N(C(=O)c3ccccc3)C2)cc1OC1CCCC1. The quantitative estimate of drug-likeness (QED) is 0.699. The molecule has 1 atom stereocenters. The first-order chi connectivity index (χ1) is 14.2. The number of ether oxygens (including phenoxy) is 2. The number of hydrogen-bond donors (Lipinski definition) is 0. The zero-order valence-corrected chi connectivity index (χ0v) is 16.8. The maximum Gasteiger partial charge on any atom is 0.260 e. The zero-order chi connectivity index (χ0) is 20.2. The van der Waals surface area contributed by atoms with Crippen LogP contribution >= 0.6 is 0 Å². The highest BCUT2D eigenvalue weighted by Gasteiger charge is 2.32. The second kappa shape index (κ2) is 8.68. The molecule has 0 unspecified atom stereocenters. The number of amides is 2. The third kappa shape index (κ3) is 4.29. The van der Waals surface area contributed by atoms with Crippen molar-refractivity contribution in [2.24, 2.45) is 0 Å². The molecule has 2 aromatic carbocycles. The molecule has 29 heavy (non-hydrogen) atoms. The van der Waals surface area contributed by atoms with Crippen molar-refractivity contribution in [1.82, 2.24) is 4.90 Å². The molecule has 2 fully saturated rings. The summed E-state index contributed by atoms with van der Waals surface area (Å²) in [5.41, 5.74) is 1.62. The van der Waals surface area contributed by atoms with Gasteiger partial charge in [-0.1, -0.05) is 24.3 Å². The van der Waals surface area contributed by atoms with Gasteiger partial charge in [0, 0.05) is 24.4 Å². The predicted octanol–water partition coefficient (Wildman–Crippen LogP) is 4.56. The lowest BCUT2D eigenvalue weighted by molar-refractivity contribution is -0.130. The number of nitrogens with zero attached hydrogens (tertiary/aromatic N) is 1. The van der Waals surface area contributed by atoms with Crippen molar-refractivity contribution in [1.29, 1.82) is 0 Å². The molecule has 1 aliphatic carbocycles. The van der Waals surface area contributed by atoms with E-state index in [0.717, 1.165) is 36.3 Å². The predicted molar refractivity (Wildman–Crippen MR) is 110 cm³/mol. The Morgan fingerprint density at radius 2 is 1.76 bits per heavy atom. The van der Waals surface area contributed by atoms with Gasteiger partial charge in [-0.25, -0.2) is 0 Å². The Balaban J connectivity index is 1.54. The first-order valence-electron chi connectivity index (χ1n) is 10.4. The number of carbonyl (C=O) groups is 2. The third-order valence-electron chi connectivity index (χ3n) is 5.93. The van der Waals surface area contributed by atoms with E-state index in [4.69, 9.17) is 9.47 Å². The normalized spacial score (nSPS) is 20.0. The number of likely N-dealkylation sites (tertiary alicyclic amines) is 1. The number of piperidine rings is 1. The monoisotopic (exact) mass is 393 g/mol. The molecule has 152 valence electrons. The fourth-order valence-corrected chi connectivity index (χ4v) is 4.28. The van der Waals surface area contributed by atoms with E-state index < -0.39 is 0 Å². The highest BCUT2D eigenvalue weighted by atomic mass is 16.5. The first kappa shape index (κ1) is 19.5. The Labute approximate surface area is 171 Å². The van der Waals surface area contributed by atoms with Crippen LogP contribution in [-0.4, -0.2) is 36.5 Å². The van der Waals surface area contributed by atoms with Crippen LogP contribution in [0, 0.1) is 0 Å². The van der Waals surface area contributed by atoms with Gasteiger partial charge in [0.15, 0.2) is 11.5 Å². The van der Waals surface area contributed by atoms with Crippen LogP contribution in [0.3, 0.4) is 0 Å². The Bertz CT molecular complexity index is 874. The van der Waals surface area contributed by atoms with E-state index in [2.05, 4.69) is 0 Å². The summed E-state index contributed by atoms with van der Waals surface area (Å²) < 4.78 is 11.7. The van der Waals surface area contributed by atoms with Crippen molar-refractivity contribution in [2.45, 2.75) is 50.5 Å². The summed E-state index contributed by atoms with van der Waals surface area (Å²) in [4.78, 5) is 26.7. The largest absolute Gasteiger partial charge is 0.493 e. The summed E-state index contributed by atoms with van der Waals surface area (Å²) >= 11 is 0. The number of carbonyl (C=O) groups excluding carboxylic acids is 2. The van der Waals surface area contributed by atoms with Crippen molar-refractivity contribution >= 4 is 11.8 Å². The Kier molecular flexibility index (Phi) is 5.84. The second-order valence-electron chi connectivity index (χ2n) is 7.85. The molecule has 5 heteroatoms. The van der Waals surface area contributed by atoms with E-state index in [-0.39, 0.29) is 23.8 Å². The minimum absolute atomic E-state index is 0.0946. The van der Waals surface area contributed by atoms with Crippen LogP contribution in [0.25, 0.3) is 0 Å². The lowest BCUT2D eigenvalue weighted by atomic mass is 9.89. The average molecular weight is 393 g/mol. The zero-order valence-electron chi connectivity index (χ0n) is 16.8. The topological polar surface area (TPSA) is 55.8 Å². The highest BCUT2D eigenvalue weighted by molar-refractivity contribution is 6.05. The number of imide groups is 1. The molecule has 0 radical (unpaired) electrons. The minimum atomic E-state index is -0.226. The van der Waals surface area contributed by atoms with Gasteiger partial charge in [0.2, 0.25) is 5.91 Å². The van der Waals surface area contributed by atoms with Gasteiger partial charge in [-0.2, -0.15) is 0 Å². The molecule has 1 saturated heterocycles. The lowest BCUT2D eigenvalue weighted by Crippen LogP contribution is -2.43. The van der Waals surface area contributed by atoms with E-state index in [9.17, 15) is 9.59 Å². The average Bonchev–Trinajstić information content (AvgIpc) is 3.27. The van der Waals surface area contributed by atoms with Crippen molar-refractivity contribution in [3.8, 4) is 11.5 Å². The van der Waals surface area contributed by atoms with Crippen molar-refractivity contribution < 1.29 is 19.1 Å². The second-order valence-corrected chi connectivity index (χ2v) is 7.85. The summed E-state index contributed by atoms with van der Waals surface area (Å²) in [6, 6.07) is 15.0. The molecular formula is C24H27NO4. The lowest BCUT2D eigenvalue weighted by Gasteiger charge is -2.32. The number of methoxy groups -OCH3 is 1. The van der Waals surface area contributed by atoms with Crippen LogP contribution in [0.2, 0.25) is 0 Å². The number of rotatable bonds is 5. The number of benzene rings is 2. The molecule has 2 aromatic rings. The third-order valence-corrected chi connectivity index (χ3v) is 5.93. The van der Waals surface area contributed by atoms with Gasteiger partial charge in [0.05, 0.1) is 13.2 Å². The minimum Gasteiger partial charge on any atom is -0.493 e. The molecule has 2 aliphatic rings. The molecular weight excluding hydrogens is 366 g/mol. The van der Waals surface area contributed by atoms with E-state index >= 15 is 0 Å². The Morgan fingerprint density at radius 3 is 2.48 bits per heavy atom. The van der Waals surface area contributed by atoms with E-state index in [1.807, 2.05) is 36.4 Å². The van der Waals surface area contributed by atoms with E-state index in [1.54, 1.807) is 19.2 Å². The highest BCUT2D eigenvalue weighted by Crippen LogP contribution is 2.37. The van der Waals surface area contributed by atoms with Crippen LogP contribution in [0.15, 0.2) is 48.5 Å². The van der Waals surface area contributed by atoms with Crippen LogP contribution < -0.4 is 9.47 Å². The molecule has 5 nitrogen and oxygen atoms in total. The maximum atomic E-state index is 12.8. The standard InChI is InChI=1S/C24H27NO4/c1-28-21-13-11-18(15-22(21)29-20-9-5-6-10-20)19-12-14-23(26)25(16-19)24(27)17-7-3-2-4-8-17/h2-4,7-8,11,13,15,19-20H,5-6,9-10,12,14,16H2,1H3/t19-/m1/s1. The van der Waals surface area contributed by atoms with Gasteiger partial charge in [-0.05, 0) is 61.9 Å². The van der Waals surface area contributed by atoms with Gasteiger partial charge >= 0.3 is 0 Å². The molecule has 0 spiro atoms. The summed E-state index contributed by atoms with van der Waals surface area (Å²) in [5, 5.41) is 0.